The lowest BCUT2D eigenvalue weighted by Gasteiger charge is -2.11. The molecule has 0 aliphatic rings. The molecule has 2 rings (SSSR count). The van der Waals surface area contributed by atoms with Gasteiger partial charge in [-0.2, -0.15) is 18.3 Å². The minimum atomic E-state index is -4.54. The number of aromatic nitrogens is 2. The zero-order chi connectivity index (χ0) is 14.2. The third-order valence-corrected chi connectivity index (χ3v) is 3.00. The minimum absolute atomic E-state index is 0.197. The fourth-order valence-corrected chi connectivity index (χ4v) is 1.89. The van der Waals surface area contributed by atoms with Gasteiger partial charge in [0.05, 0.1) is 33.7 Å². The molecule has 2 aromatic rings. The molecule has 0 fully saturated rings. The van der Waals surface area contributed by atoms with Crippen molar-refractivity contribution in [2.75, 3.05) is 0 Å². The second-order valence-electron chi connectivity index (χ2n) is 3.88. The average Bonchev–Trinajstić information content (AvgIpc) is 2.70. The van der Waals surface area contributed by atoms with Gasteiger partial charge in [0, 0.05) is 0 Å². The molecule has 3 nitrogen and oxygen atoms in total. The lowest BCUT2D eigenvalue weighted by molar-refractivity contribution is -0.137. The molecule has 0 amide bonds. The maximum Gasteiger partial charge on any atom is 0.417 e. The first-order valence-corrected chi connectivity index (χ1v) is 5.59. The lowest BCUT2D eigenvalue weighted by atomic mass is 10.2. The number of alkyl halides is 3. The number of carbonyl (C=O) groups excluding carboxylic acids is 1. The van der Waals surface area contributed by atoms with Gasteiger partial charge in [-0.1, -0.05) is 11.6 Å². The standard InChI is InChI=1S/C12H8ClF3N2O/c1-7-8(6-19)5-17-18(7)9-2-3-11(13)10(4-9)12(14,15)16/h2-6H,1H3. The van der Waals surface area contributed by atoms with E-state index in [-0.39, 0.29) is 10.7 Å². The van der Waals surface area contributed by atoms with E-state index >= 15 is 0 Å². The number of nitrogens with zero attached hydrogens (tertiary/aromatic N) is 2. The van der Waals surface area contributed by atoms with Gasteiger partial charge in [-0.3, -0.25) is 4.79 Å². The third-order valence-electron chi connectivity index (χ3n) is 2.67. The number of benzene rings is 1. The van der Waals surface area contributed by atoms with Gasteiger partial charge in [0.1, 0.15) is 0 Å². The number of hydrogen-bond acceptors (Lipinski definition) is 2. The van der Waals surface area contributed by atoms with Gasteiger partial charge in [0.15, 0.2) is 6.29 Å². The van der Waals surface area contributed by atoms with E-state index in [4.69, 9.17) is 11.6 Å². The zero-order valence-electron chi connectivity index (χ0n) is 9.70. The highest BCUT2D eigenvalue weighted by Crippen LogP contribution is 2.35. The van der Waals surface area contributed by atoms with E-state index in [1.807, 2.05) is 0 Å². The van der Waals surface area contributed by atoms with Gasteiger partial charge in [-0.25, -0.2) is 4.68 Å². The Hall–Kier alpha value is -1.82. The summed E-state index contributed by atoms with van der Waals surface area (Å²) in [4.78, 5) is 10.7. The van der Waals surface area contributed by atoms with E-state index in [0.29, 0.717) is 17.5 Å². The molecular formula is C12H8ClF3N2O. The number of aldehydes is 1. The van der Waals surface area contributed by atoms with E-state index in [2.05, 4.69) is 5.10 Å². The Labute approximate surface area is 111 Å². The Kier molecular flexibility index (Phi) is 3.36. The van der Waals surface area contributed by atoms with Crippen LogP contribution in [0.3, 0.4) is 0 Å². The quantitative estimate of drug-likeness (QED) is 0.790. The first-order valence-electron chi connectivity index (χ1n) is 5.21. The van der Waals surface area contributed by atoms with Crippen LogP contribution in [0.1, 0.15) is 21.6 Å². The fourth-order valence-electron chi connectivity index (χ4n) is 1.66. The Morgan fingerprint density at radius 2 is 2.05 bits per heavy atom. The van der Waals surface area contributed by atoms with Crippen molar-refractivity contribution in [3.05, 3.63) is 46.2 Å². The number of halogens is 4. The van der Waals surface area contributed by atoms with Crippen LogP contribution < -0.4 is 0 Å². The van der Waals surface area contributed by atoms with Gasteiger partial charge >= 0.3 is 6.18 Å². The molecular weight excluding hydrogens is 281 g/mol. The smallest absolute Gasteiger partial charge is 0.298 e. The highest BCUT2D eigenvalue weighted by atomic mass is 35.5. The molecule has 0 saturated carbocycles. The van der Waals surface area contributed by atoms with Crippen LogP contribution in [0, 0.1) is 6.92 Å². The minimum Gasteiger partial charge on any atom is -0.298 e. The Bertz CT molecular complexity index is 634. The van der Waals surface area contributed by atoms with E-state index in [0.717, 1.165) is 12.1 Å². The first-order chi connectivity index (χ1) is 8.84. The van der Waals surface area contributed by atoms with Crippen LogP contribution in [0.15, 0.2) is 24.4 Å². The number of carbonyl (C=O) groups is 1. The summed E-state index contributed by atoms with van der Waals surface area (Å²) in [6.45, 7) is 1.60. The van der Waals surface area contributed by atoms with Crippen molar-refractivity contribution in [3.63, 3.8) is 0 Å². The van der Waals surface area contributed by atoms with E-state index in [9.17, 15) is 18.0 Å². The van der Waals surface area contributed by atoms with Crippen LogP contribution in [0.25, 0.3) is 5.69 Å². The summed E-state index contributed by atoms with van der Waals surface area (Å²) >= 11 is 5.53. The normalized spacial score (nSPS) is 11.6. The van der Waals surface area contributed by atoms with E-state index in [1.54, 1.807) is 6.92 Å². The first kappa shape index (κ1) is 13.6. The Balaban J connectivity index is 2.58. The Morgan fingerprint density at radius 3 is 2.58 bits per heavy atom. The van der Waals surface area contributed by atoms with Crippen LogP contribution in [0.5, 0.6) is 0 Å². The van der Waals surface area contributed by atoms with Crippen molar-refractivity contribution in [2.24, 2.45) is 0 Å². The van der Waals surface area contributed by atoms with Crippen molar-refractivity contribution in [2.45, 2.75) is 13.1 Å². The Morgan fingerprint density at radius 1 is 1.37 bits per heavy atom. The van der Waals surface area contributed by atoms with Crippen molar-refractivity contribution >= 4 is 17.9 Å². The maximum atomic E-state index is 12.7. The highest BCUT2D eigenvalue weighted by Gasteiger charge is 2.33. The second kappa shape index (κ2) is 4.70. The monoisotopic (exact) mass is 288 g/mol. The molecule has 1 aromatic carbocycles. The van der Waals surface area contributed by atoms with Gasteiger partial charge in [0.25, 0.3) is 0 Å². The molecule has 0 unspecified atom stereocenters. The second-order valence-corrected chi connectivity index (χ2v) is 4.28. The fraction of sp³-hybridized carbons (Fsp3) is 0.167. The summed E-state index contributed by atoms with van der Waals surface area (Å²) in [5, 5.41) is 3.51. The molecule has 0 aliphatic heterocycles. The molecule has 1 heterocycles. The molecule has 1 aromatic heterocycles. The summed E-state index contributed by atoms with van der Waals surface area (Å²) in [5.41, 5.74) is 0.0468. The van der Waals surface area contributed by atoms with Crippen LogP contribution in [0.2, 0.25) is 5.02 Å². The zero-order valence-corrected chi connectivity index (χ0v) is 10.5. The number of rotatable bonds is 2. The molecule has 100 valence electrons. The largest absolute Gasteiger partial charge is 0.417 e. The molecule has 0 N–H and O–H groups in total. The predicted octanol–water partition coefficient (Wildman–Crippen LogP) is 3.67. The molecule has 0 spiro atoms. The average molecular weight is 289 g/mol. The number of hydrogen-bond donors (Lipinski definition) is 0. The summed E-state index contributed by atoms with van der Waals surface area (Å²) in [7, 11) is 0. The van der Waals surface area contributed by atoms with E-state index < -0.39 is 11.7 Å². The maximum absolute atomic E-state index is 12.7. The van der Waals surface area contributed by atoms with Gasteiger partial charge in [0.2, 0.25) is 0 Å². The summed E-state index contributed by atoms with van der Waals surface area (Å²) in [6.07, 6.45) is -2.65. The predicted molar refractivity (Wildman–Crippen MR) is 63.7 cm³/mol. The third kappa shape index (κ3) is 2.49. The van der Waals surface area contributed by atoms with Crippen molar-refractivity contribution in [3.8, 4) is 5.69 Å². The molecule has 0 saturated heterocycles. The molecule has 0 bridgehead atoms. The molecule has 0 aliphatic carbocycles. The molecule has 7 heteroatoms. The molecule has 19 heavy (non-hydrogen) atoms. The molecule has 0 atom stereocenters. The van der Waals surface area contributed by atoms with Crippen LogP contribution in [-0.4, -0.2) is 16.1 Å². The van der Waals surface area contributed by atoms with Crippen LogP contribution in [-0.2, 0) is 6.18 Å². The summed E-state index contributed by atoms with van der Waals surface area (Å²) in [6, 6.07) is 3.46. The molecule has 0 radical (unpaired) electrons. The summed E-state index contributed by atoms with van der Waals surface area (Å²) in [5.74, 6) is 0. The van der Waals surface area contributed by atoms with E-state index in [1.165, 1.54) is 16.9 Å². The lowest BCUT2D eigenvalue weighted by Crippen LogP contribution is -2.08. The topological polar surface area (TPSA) is 34.9 Å². The highest BCUT2D eigenvalue weighted by molar-refractivity contribution is 6.31. The van der Waals surface area contributed by atoms with Crippen molar-refractivity contribution < 1.29 is 18.0 Å². The van der Waals surface area contributed by atoms with Crippen molar-refractivity contribution in [1.82, 2.24) is 9.78 Å². The summed E-state index contributed by atoms with van der Waals surface area (Å²) < 4.78 is 39.5. The van der Waals surface area contributed by atoms with Crippen LogP contribution in [0.4, 0.5) is 13.2 Å². The SMILES string of the molecule is Cc1c(C=O)cnn1-c1ccc(Cl)c(C(F)(F)F)c1. The van der Waals surface area contributed by atoms with Crippen LogP contribution >= 0.6 is 11.6 Å². The van der Waals surface area contributed by atoms with Gasteiger partial charge < -0.3 is 0 Å². The van der Waals surface area contributed by atoms with Gasteiger partial charge in [-0.15, -0.1) is 0 Å². The van der Waals surface area contributed by atoms with Crippen molar-refractivity contribution in [1.29, 1.82) is 0 Å². The van der Waals surface area contributed by atoms with Gasteiger partial charge in [-0.05, 0) is 25.1 Å².